The lowest BCUT2D eigenvalue weighted by molar-refractivity contribution is -0.586. The van der Waals surface area contributed by atoms with Crippen molar-refractivity contribution in [3.05, 3.63) is 249 Å². The van der Waals surface area contributed by atoms with Gasteiger partial charge in [-0.2, -0.15) is 0 Å². The van der Waals surface area contributed by atoms with Gasteiger partial charge in [-0.05, 0) is 139 Å². The van der Waals surface area contributed by atoms with Crippen molar-refractivity contribution in [2.24, 2.45) is 0 Å². The summed E-state index contributed by atoms with van der Waals surface area (Å²) in [5, 5.41) is 2.27. The van der Waals surface area contributed by atoms with E-state index in [9.17, 15) is 1.37 Å². The van der Waals surface area contributed by atoms with Crippen molar-refractivity contribution < 1.29 is 10.7 Å². The van der Waals surface area contributed by atoms with Crippen molar-refractivity contribution in [1.29, 1.82) is 0 Å². The average molecular weight is 914 g/mol. The van der Waals surface area contributed by atoms with Crippen LogP contribution in [0.2, 0.25) is 0 Å². The number of fused-ring (bicyclic) bond motifs is 11. The second-order valence-electron chi connectivity index (χ2n) is 19.3. The number of pyridine rings is 1. The maximum atomic E-state index is 10.2. The van der Waals surface area contributed by atoms with E-state index in [0.29, 0.717) is 17.7 Å². The number of para-hydroxylation sites is 2. The molecule has 0 unspecified atom stereocenters. The van der Waals surface area contributed by atoms with E-state index in [0.717, 1.165) is 106 Å². The Morgan fingerprint density at radius 2 is 1.06 bits per heavy atom. The number of nitrogens with zero attached hydrogens (tertiary/aromatic N) is 4. The van der Waals surface area contributed by atoms with Crippen LogP contribution in [0.25, 0.3) is 106 Å². The quantitative estimate of drug-likeness (QED) is 0.118. The van der Waals surface area contributed by atoms with Gasteiger partial charge in [0.1, 0.15) is 17.3 Å². The van der Waals surface area contributed by atoms with Gasteiger partial charge in [0.25, 0.3) is 6.33 Å². The van der Waals surface area contributed by atoms with Crippen molar-refractivity contribution in [2.75, 3.05) is 0 Å². The van der Waals surface area contributed by atoms with Crippen molar-refractivity contribution in [2.45, 2.75) is 26.2 Å². The second-order valence-corrected chi connectivity index (χ2v) is 19.3. The number of imidazole rings is 1. The summed E-state index contributed by atoms with van der Waals surface area (Å²) in [7, 11) is 0. The molecule has 0 radical (unpaired) electrons. The van der Waals surface area contributed by atoms with Crippen LogP contribution in [0.15, 0.2) is 237 Å². The highest BCUT2D eigenvalue weighted by Gasteiger charge is 2.26. The van der Waals surface area contributed by atoms with Gasteiger partial charge in [-0.15, -0.1) is 0 Å². The molecule has 0 spiro atoms. The molecule has 0 N–H and O–H groups in total. The van der Waals surface area contributed by atoms with Gasteiger partial charge >= 0.3 is 0 Å². The van der Waals surface area contributed by atoms with Gasteiger partial charge in [-0.3, -0.25) is 13.7 Å². The molecule has 0 bridgehead atoms. The third-order valence-electron chi connectivity index (χ3n) is 13.8. The summed E-state index contributed by atoms with van der Waals surface area (Å²) in [5.41, 5.74) is 17.6. The van der Waals surface area contributed by atoms with E-state index in [2.05, 4.69) is 230 Å². The molecule has 338 valence electrons. The zero-order valence-corrected chi connectivity index (χ0v) is 39.6. The van der Waals surface area contributed by atoms with E-state index in [4.69, 9.17) is 9.72 Å². The van der Waals surface area contributed by atoms with E-state index in [-0.39, 0.29) is 5.41 Å². The van der Waals surface area contributed by atoms with Crippen LogP contribution < -0.4 is 9.30 Å². The van der Waals surface area contributed by atoms with E-state index in [1.807, 2.05) is 41.1 Å². The number of ether oxygens (including phenoxy) is 1. The highest BCUT2D eigenvalue weighted by molar-refractivity contribution is 6.09. The van der Waals surface area contributed by atoms with Crippen LogP contribution in [0.5, 0.6) is 11.5 Å². The summed E-state index contributed by atoms with van der Waals surface area (Å²) < 4.78 is 23.2. The SMILES string of the molecule is [2H]c1c2[n+]([c-]n1-c1cccc(Oc3ccc4c5ccccc5n(-c5cc(C(C)(C)C)ccn5)c4c3)c1)-c1c(-c3cc(-c4ccccc4)cc(-c4ccccc4)c3)cccc1-c1ccccc1-c1ccccc1-2. The molecule has 9 aromatic carbocycles. The minimum Gasteiger partial charge on any atom is -0.458 e. The van der Waals surface area contributed by atoms with Gasteiger partial charge in [0.2, 0.25) is 0 Å². The first-order chi connectivity index (χ1) is 35.2. The predicted octanol–water partition coefficient (Wildman–Crippen LogP) is 16.5. The smallest absolute Gasteiger partial charge is 0.269 e. The summed E-state index contributed by atoms with van der Waals surface area (Å²) in [6, 6.07) is 78.8. The molecule has 1 aliphatic rings. The Kier molecular flexibility index (Phi) is 9.73. The van der Waals surface area contributed by atoms with Crippen molar-refractivity contribution in [3.8, 4) is 95.6 Å². The molecule has 12 aromatic rings. The molecule has 1 aliphatic heterocycles. The molecule has 5 heteroatoms. The number of rotatable bonds is 7. The van der Waals surface area contributed by atoms with Crippen LogP contribution >= 0.6 is 0 Å². The normalized spacial score (nSPS) is 12.1. The second kappa shape index (κ2) is 16.9. The lowest BCUT2D eigenvalue weighted by atomic mass is 9.86. The Morgan fingerprint density at radius 3 is 1.79 bits per heavy atom. The third-order valence-corrected chi connectivity index (χ3v) is 13.8. The maximum absolute atomic E-state index is 10.2. The Morgan fingerprint density at radius 1 is 0.479 bits per heavy atom. The minimum absolute atomic E-state index is 0.0385. The monoisotopic (exact) mass is 913 g/mol. The molecule has 0 saturated heterocycles. The lowest BCUT2D eigenvalue weighted by Gasteiger charge is -2.24. The Labute approximate surface area is 415 Å². The zero-order chi connectivity index (χ0) is 48.5. The third kappa shape index (κ3) is 7.42. The van der Waals surface area contributed by atoms with E-state index >= 15 is 0 Å². The van der Waals surface area contributed by atoms with Crippen LogP contribution in [0.4, 0.5) is 0 Å². The molecule has 0 atom stereocenters. The van der Waals surface area contributed by atoms with Gasteiger partial charge in [-0.1, -0.05) is 172 Å². The average Bonchev–Trinajstić information content (AvgIpc) is 3.94. The van der Waals surface area contributed by atoms with Gasteiger partial charge < -0.3 is 4.74 Å². The Balaban J connectivity index is 0.978. The van der Waals surface area contributed by atoms with Gasteiger partial charge in [0.05, 0.1) is 29.5 Å². The Bertz CT molecular complexity index is 4010. The van der Waals surface area contributed by atoms with Gasteiger partial charge in [-0.25, -0.2) is 4.98 Å². The van der Waals surface area contributed by atoms with Crippen molar-refractivity contribution in [3.63, 3.8) is 0 Å². The summed E-state index contributed by atoms with van der Waals surface area (Å²) in [4.78, 5) is 4.89. The molecule has 0 fully saturated rings. The number of aromatic nitrogens is 4. The fourth-order valence-electron chi connectivity index (χ4n) is 10.4. The topological polar surface area (TPSA) is 35.9 Å². The molecule has 3 aromatic heterocycles. The fraction of sp³-hybridized carbons (Fsp3) is 0.0606. The van der Waals surface area contributed by atoms with Gasteiger partial charge in [0.15, 0.2) is 0 Å². The van der Waals surface area contributed by atoms with E-state index in [1.165, 1.54) is 5.56 Å². The minimum atomic E-state index is -0.0385. The van der Waals surface area contributed by atoms with Crippen LogP contribution in [0, 0.1) is 6.33 Å². The molecule has 0 aliphatic carbocycles. The molecule has 4 heterocycles. The van der Waals surface area contributed by atoms with E-state index in [1.54, 1.807) is 0 Å². The lowest BCUT2D eigenvalue weighted by Crippen LogP contribution is -2.34. The molecule has 0 saturated carbocycles. The highest BCUT2D eigenvalue weighted by Crippen LogP contribution is 2.45. The van der Waals surface area contributed by atoms with Crippen molar-refractivity contribution in [1.82, 2.24) is 14.1 Å². The summed E-state index contributed by atoms with van der Waals surface area (Å²) in [6.45, 7) is 6.68. The maximum Gasteiger partial charge on any atom is 0.269 e. The molecular formula is C66H48N4O. The molecule has 5 nitrogen and oxygen atoms in total. The number of benzene rings is 9. The van der Waals surface area contributed by atoms with Crippen LogP contribution in [-0.4, -0.2) is 14.1 Å². The van der Waals surface area contributed by atoms with Crippen LogP contribution in [-0.2, 0) is 5.41 Å². The van der Waals surface area contributed by atoms with Crippen LogP contribution in [0.3, 0.4) is 0 Å². The van der Waals surface area contributed by atoms with Gasteiger partial charge in [0, 0.05) is 29.2 Å². The highest BCUT2D eigenvalue weighted by atomic mass is 16.5. The van der Waals surface area contributed by atoms with Crippen LogP contribution in [0.1, 0.15) is 27.7 Å². The summed E-state index contributed by atoms with van der Waals surface area (Å²) in [6.07, 6.45) is 5.98. The van der Waals surface area contributed by atoms with E-state index < -0.39 is 0 Å². The standard InChI is InChI=1S/C66H48N4O/c1-66(2,3)49-34-35-67-64(39-49)70-61-31-15-14-28-58(61)59-33-32-52(41-62(59)70)71-51-23-16-22-50(40-51)68-42-63-57-27-13-12-25-55(57)54-24-10-11-26-56(54)60-30-17-29-53(65(60)69(63)43-68)48-37-46(44-18-6-4-7-19-44)36-47(38-48)45-20-8-5-9-21-45/h4-42H,1-3H3/i42D. The summed E-state index contributed by atoms with van der Waals surface area (Å²) >= 11 is 0. The molecule has 0 amide bonds. The first-order valence-corrected chi connectivity index (χ1v) is 24.2. The Hall–Kier alpha value is -9.06. The predicted molar refractivity (Wildman–Crippen MR) is 290 cm³/mol. The molecule has 71 heavy (non-hydrogen) atoms. The first-order valence-electron chi connectivity index (χ1n) is 24.7. The van der Waals surface area contributed by atoms with Crippen molar-refractivity contribution >= 4 is 21.8 Å². The number of hydrogen-bond acceptors (Lipinski definition) is 2. The largest absolute Gasteiger partial charge is 0.458 e. The molecule has 13 rings (SSSR count). The zero-order valence-electron chi connectivity index (χ0n) is 40.6. The first kappa shape index (κ1) is 41.0. The summed E-state index contributed by atoms with van der Waals surface area (Å²) in [5.74, 6) is 2.20. The molecular weight excluding hydrogens is 865 g/mol. The fourth-order valence-corrected chi connectivity index (χ4v) is 10.4. The number of hydrogen-bond donors (Lipinski definition) is 0.